The molecule has 0 aliphatic heterocycles. The molecule has 19 heavy (non-hydrogen) atoms. The van der Waals surface area contributed by atoms with Gasteiger partial charge in [-0.05, 0) is 19.8 Å². The molecule has 0 N–H and O–H groups in total. The van der Waals surface area contributed by atoms with E-state index in [1.54, 1.807) is 0 Å². The van der Waals surface area contributed by atoms with Crippen LogP contribution >= 0.6 is 0 Å². The van der Waals surface area contributed by atoms with Crippen LogP contribution in [0.25, 0.3) is 0 Å². The largest absolute Gasteiger partial charge is 0.512 e. The standard InChI is InChI=1S/C6H7F6NO4S2/c1-4(2-3-4)13(18(14,15)5(7,8)9)19(16,17)6(10,11)12/h2-3H2,1H3. The Hall–Kier alpha value is -0.560. The lowest BCUT2D eigenvalue weighted by Gasteiger charge is -2.28. The summed E-state index contributed by atoms with van der Waals surface area (Å²) in [6, 6.07) is 0. The van der Waals surface area contributed by atoms with Crippen LogP contribution in [0.3, 0.4) is 0 Å². The van der Waals surface area contributed by atoms with E-state index in [-0.39, 0.29) is 0 Å². The van der Waals surface area contributed by atoms with Gasteiger partial charge < -0.3 is 0 Å². The molecule has 0 aromatic carbocycles. The highest BCUT2D eigenvalue weighted by Crippen LogP contribution is 2.50. The average molecular weight is 335 g/mol. The Labute approximate surface area is 104 Å². The first-order chi connectivity index (χ1) is 8.07. The van der Waals surface area contributed by atoms with Crippen LogP contribution in [0, 0.1) is 0 Å². The number of alkyl halides is 6. The fourth-order valence-electron chi connectivity index (χ4n) is 1.26. The van der Waals surface area contributed by atoms with Crippen molar-refractivity contribution in [2.75, 3.05) is 0 Å². The van der Waals surface area contributed by atoms with Crippen LogP contribution in [-0.4, -0.2) is 37.1 Å². The van der Waals surface area contributed by atoms with Crippen molar-refractivity contribution in [3.05, 3.63) is 0 Å². The van der Waals surface area contributed by atoms with Gasteiger partial charge >= 0.3 is 31.1 Å². The molecule has 0 atom stereocenters. The predicted molar refractivity (Wildman–Crippen MR) is 49.4 cm³/mol. The third-order valence-corrected chi connectivity index (χ3v) is 6.54. The Kier molecular flexibility index (Phi) is 3.45. The molecule has 1 aliphatic rings. The van der Waals surface area contributed by atoms with Gasteiger partial charge in [-0.25, -0.2) is 16.8 Å². The van der Waals surface area contributed by atoms with E-state index in [0.717, 1.165) is 0 Å². The Morgan fingerprint density at radius 2 is 1.11 bits per heavy atom. The highest BCUT2D eigenvalue weighted by Gasteiger charge is 2.69. The van der Waals surface area contributed by atoms with Crippen molar-refractivity contribution in [1.29, 1.82) is 0 Å². The maximum atomic E-state index is 12.3. The van der Waals surface area contributed by atoms with Gasteiger partial charge in [0.2, 0.25) is 0 Å². The first kappa shape index (κ1) is 16.5. The molecule has 0 radical (unpaired) electrons. The lowest BCUT2D eigenvalue weighted by atomic mass is 10.4. The summed E-state index contributed by atoms with van der Waals surface area (Å²) < 4.78 is 117. The molecule has 0 unspecified atom stereocenters. The van der Waals surface area contributed by atoms with Gasteiger partial charge in [-0.1, -0.05) is 3.71 Å². The van der Waals surface area contributed by atoms with E-state index < -0.39 is 53.2 Å². The zero-order chi connectivity index (χ0) is 15.5. The number of halogens is 6. The van der Waals surface area contributed by atoms with Gasteiger partial charge in [-0.3, -0.25) is 0 Å². The van der Waals surface area contributed by atoms with Crippen LogP contribution in [0.4, 0.5) is 26.3 Å². The van der Waals surface area contributed by atoms with Crippen molar-refractivity contribution in [3.8, 4) is 0 Å². The van der Waals surface area contributed by atoms with E-state index in [1.807, 2.05) is 0 Å². The molecule has 0 amide bonds. The molecule has 13 heteroatoms. The summed E-state index contributed by atoms with van der Waals surface area (Å²) in [5.74, 6) is 0. The molecule has 0 heterocycles. The third-order valence-electron chi connectivity index (χ3n) is 2.44. The quantitative estimate of drug-likeness (QED) is 0.734. The van der Waals surface area contributed by atoms with Crippen molar-refractivity contribution in [3.63, 3.8) is 0 Å². The third kappa shape index (κ3) is 2.54. The van der Waals surface area contributed by atoms with Crippen LogP contribution in [0.2, 0.25) is 0 Å². The Morgan fingerprint density at radius 1 is 0.842 bits per heavy atom. The number of nitrogens with zero attached hydrogens (tertiary/aromatic N) is 1. The van der Waals surface area contributed by atoms with Crippen LogP contribution < -0.4 is 0 Å². The van der Waals surface area contributed by atoms with E-state index in [1.165, 1.54) is 0 Å². The molecule has 0 aromatic heterocycles. The second-order valence-corrected chi connectivity index (χ2v) is 7.88. The molecule has 0 aromatic rings. The molecule has 1 rings (SSSR count). The van der Waals surface area contributed by atoms with Crippen molar-refractivity contribution < 1.29 is 43.2 Å². The minimum Gasteiger partial charge on any atom is -0.202 e. The van der Waals surface area contributed by atoms with Crippen molar-refractivity contribution >= 4 is 20.0 Å². The maximum Gasteiger partial charge on any atom is 0.512 e. The van der Waals surface area contributed by atoms with Gasteiger partial charge in [0.15, 0.2) is 0 Å². The van der Waals surface area contributed by atoms with Crippen LogP contribution in [0.1, 0.15) is 19.8 Å². The van der Waals surface area contributed by atoms with Crippen molar-refractivity contribution in [2.45, 2.75) is 36.3 Å². The van der Waals surface area contributed by atoms with E-state index in [4.69, 9.17) is 0 Å². The van der Waals surface area contributed by atoms with Gasteiger partial charge in [0.05, 0.1) is 0 Å². The Balaban J connectivity index is 3.53. The summed E-state index contributed by atoms with van der Waals surface area (Å²) in [5.41, 5.74) is -14.5. The zero-order valence-electron chi connectivity index (χ0n) is 9.08. The predicted octanol–water partition coefficient (Wildman–Crippen LogP) is 1.54. The second kappa shape index (κ2) is 3.97. The maximum absolute atomic E-state index is 12.3. The smallest absolute Gasteiger partial charge is 0.202 e. The number of hydrogen-bond acceptors (Lipinski definition) is 4. The minimum atomic E-state index is -6.65. The minimum absolute atomic E-state index is 0.419. The molecular weight excluding hydrogens is 328 g/mol. The molecule has 114 valence electrons. The fraction of sp³-hybridized carbons (Fsp3) is 1.00. The summed E-state index contributed by atoms with van der Waals surface area (Å²) in [6.45, 7) is 0.694. The fourth-order valence-corrected chi connectivity index (χ4v) is 4.70. The summed E-state index contributed by atoms with van der Waals surface area (Å²) in [5, 5.41) is 0. The summed E-state index contributed by atoms with van der Waals surface area (Å²) in [7, 11) is -13.3. The van der Waals surface area contributed by atoms with Gasteiger partial charge in [0.1, 0.15) is 0 Å². The molecule has 1 fully saturated rings. The zero-order valence-corrected chi connectivity index (χ0v) is 10.7. The van der Waals surface area contributed by atoms with E-state index in [9.17, 15) is 43.2 Å². The monoisotopic (exact) mass is 335 g/mol. The average Bonchev–Trinajstić information content (AvgIpc) is 2.78. The summed E-state index contributed by atoms with van der Waals surface area (Å²) in [6.07, 6.45) is -0.838. The number of rotatable bonds is 3. The summed E-state index contributed by atoms with van der Waals surface area (Å²) in [4.78, 5) is 0. The normalized spacial score (nSPS) is 20.6. The summed E-state index contributed by atoms with van der Waals surface area (Å²) >= 11 is 0. The molecule has 5 nitrogen and oxygen atoms in total. The van der Waals surface area contributed by atoms with Gasteiger partial charge in [0.25, 0.3) is 0 Å². The van der Waals surface area contributed by atoms with E-state index >= 15 is 0 Å². The topological polar surface area (TPSA) is 71.5 Å². The Bertz CT molecular complexity index is 526. The highest BCUT2D eigenvalue weighted by atomic mass is 32.3. The molecule has 0 bridgehead atoms. The Morgan fingerprint density at radius 3 is 1.26 bits per heavy atom. The molecule has 1 aliphatic carbocycles. The van der Waals surface area contributed by atoms with Crippen LogP contribution in [0.5, 0.6) is 0 Å². The SMILES string of the molecule is CC1(N(S(=O)(=O)C(F)(F)F)S(=O)(=O)C(F)(F)F)CC1. The second-order valence-electron chi connectivity index (χ2n) is 4.10. The number of hydrogen-bond donors (Lipinski definition) is 0. The van der Waals surface area contributed by atoms with Gasteiger partial charge in [-0.15, -0.1) is 0 Å². The molecule has 0 spiro atoms. The van der Waals surface area contributed by atoms with E-state index in [0.29, 0.717) is 6.92 Å². The van der Waals surface area contributed by atoms with Crippen LogP contribution in [-0.2, 0) is 20.0 Å². The molecule has 0 saturated heterocycles. The molecular formula is C6H7F6NO4S2. The van der Waals surface area contributed by atoms with Crippen LogP contribution in [0.15, 0.2) is 0 Å². The lowest BCUT2D eigenvalue weighted by molar-refractivity contribution is -0.0547. The van der Waals surface area contributed by atoms with Crippen molar-refractivity contribution in [1.82, 2.24) is 3.71 Å². The van der Waals surface area contributed by atoms with Gasteiger partial charge in [0, 0.05) is 5.54 Å². The first-order valence-electron chi connectivity index (χ1n) is 4.50. The number of sulfonamides is 2. The van der Waals surface area contributed by atoms with E-state index in [2.05, 4.69) is 0 Å². The highest BCUT2D eigenvalue weighted by molar-refractivity contribution is 8.04. The lowest BCUT2D eigenvalue weighted by Crippen LogP contribution is -2.54. The van der Waals surface area contributed by atoms with Gasteiger partial charge in [-0.2, -0.15) is 26.3 Å². The van der Waals surface area contributed by atoms with Crippen molar-refractivity contribution in [2.24, 2.45) is 0 Å². The molecule has 1 saturated carbocycles. The first-order valence-corrected chi connectivity index (χ1v) is 7.38.